The number of ether oxygens (including phenoxy) is 2. The molecule has 1 aliphatic heterocycles. The van der Waals surface area contributed by atoms with Crippen molar-refractivity contribution in [1.29, 1.82) is 0 Å². The van der Waals surface area contributed by atoms with Crippen molar-refractivity contribution in [3.05, 3.63) is 72.0 Å². The van der Waals surface area contributed by atoms with Crippen LogP contribution in [0.25, 0.3) is 11.3 Å². The summed E-state index contributed by atoms with van der Waals surface area (Å²) in [5, 5.41) is 11.1. The molecule has 0 unspecified atom stereocenters. The number of nitrogens with zero attached hydrogens (tertiary/aromatic N) is 2. The highest BCUT2D eigenvalue weighted by Crippen LogP contribution is 2.22. The lowest BCUT2D eigenvalue weighted by Gasteiger charge is -2.11. The third-order valence-corrected chi connectivity index (χ3v) is 4.63. The Kier molecular flexibility index (Phi) is 5.76. The fraction of sp³-hybridized carbons (Fsp3) is 0.227. The second kappa shape index (κ2) is 8.79. The lowest BCUT2D eigenvalue weighted by atomic mass is 10.1. The van der Waals surface area contributed by atoms with E-state index in [4.69, 9.17) is 9.47 Å². The minimum Gasteiger partial charge on any atom is -0.438 e. The molecule has 0 radical (unpaired) electrons. The summed E-state index contributed by atoms with van der Waals surface area (Å²) < 4.78 is 24.0. The van der Waals surface area contributed by atoms with Crippen LogP contribution in [0.4, 0.5) is 4.39 Å². The lowest BCUT2D eigenvalue weighted by Crippen LogP contribution is -2.31. The maximum Gasteiger partial charge on any atom is 0.251 e. The molecule has 2 heterocycles. The quantitative estimate of drug-likeness (QED) is 0.686. The van der Waals surface area contributed by atoms with Crippen molar-refractivity contribution in [2.24, 2.45) is 0 Å². The Balaban J connectivity index is 1.36. The predicted octanol–water partition coefficient (Wildman–Crippen LogP) is 3.98. The molecule has 1 aliphatic rings. The van der Waals surface area contributed by atoms with Gasteiger partial charge in [0, 0.05) is 30.3 Å². The molecule has 1 amide bonds. The molecule has 4 rings (SSSR count). The average Bonchev–Trinajstić information content (AvgIpc) is 3.28. The standard InChI is InChI=1S/C22H20FN3O3/c23-17-7-9-18(10-8-17)29-21-12-11-20(25-26-21)15-3-5-16(6-4-15)22(27)24-14-19-2-1-13-28-19/h3-12,19H,1-2,13-14H2,(H,24,27)/t19-/m0/s1. The third-order valence-electron chi connectivity index (χ3n) is 4.63. The van der Waals surface area contributed by atoms with Crippen molar-refractivity contribution < 1.29 is 18.7 Å². The molecule has 1 N–H and O–H groups in total. The molecule has 148 valence electrons. The average molecular weight is 393 g/mol. The molecule has 0 aliphatic carbocycles. The minimum absolute atomic E-state index is 0.115. The van der Waals surface area contributed by atoms with Crippen molar-refractivity contribution in [3.63, 3.8) is 0 Å². The summed E-state index contributed by atoms with van der Waals surface area (Å²) in [6, 6.07) is 16.3. The van der Waals surface area contributed by atoms with Gasteiger partial charge in [0.05, 0.1) is 11.8 Å². The maximum absolute atomic E-state index is 12.9. The predicted molar refractivity (Wildman–Crippen MR) is 105 cm³/mol. The van der Waals surface area contributed by atoms with Gasteiger partial charge < -0.3 is 14.8 Å². The number of carbonyl (C=O) groups is 1. The molecule has 1 fully saturated rings. The molecule has 0 bridgehead atoms. The molecular weight excluding hydrogens is 373 g/mol. The van der Waals surface area contributed by atoms with Crippen molar-refractivity contribution in [2.75, 3.05) is 13.2 Å². The molecule has 29 heavy (non-hydrogen) atoms. The first-order valence-corrected chi connectivity index (χ1v) is 9.45. The molecule has 1 aromatic heterocycles. The highest BCUT2D eigenvalue weighted by atomic mass is 19.1. The number of nitrogens with one attached hydrogen (secondary N) is 1. The first-order valence-electron chi connectivity index (χ1n) is 9.45. The van der Waals surface area contributed by atoms with E-state index in [0.717, 1.165) is 25.0 Å². The van der Waals surface area contributed by atoms with Crippen LogP contribution in [0, 0.1) is 5.82 Å². The van der Waals surface area contributed by atoms with Gasteiger partial charge in [0.1, 0.15) is 11.6 Å². The zero-order valence-electron chi connectivity index (χ0n) is 15.7. The SMILES string of the molecule is O=C(NC[C@@H]1CCCO1)c1ccc(-c2ccc(Oc3ccc(F)cc3)nn2)cc1. The highest BCUT2D eigenvalue weighted by Gasteiger charge is 2.16. The maximum atomic E-state index is 12.9. The van der Waals surface area contributed by atoms with Crippen LogP contribution >= 0.6 is 0 Å². The fourth-order valence-corrected chi connectivity index (χ4v) is 3.06. The van der Waals surface area contributed by atoms with Crippen LogP contribution in [0.3, 0.4) is 0 Å². The molecular formula is C22H20FN3O3. The first kappa shape index (κ1) is 19.0. The molecule has 2 aromatic carbocycles. The van der Waals surface area contributed by atoms with Gasteiger partial charge in [-0.15, -0.1) is 10.2 Å². The normalized spacial score (nSPS) is 15.8. The number of halogens is 1. The van der Waals surface area contributed by atoms with Gasteiger partial charge in [-0.3, -0.25) is 4.79 Å². The van der Waals surface area contributed by atoms with E-state index in [1.54, 1.807) is 24.3 Å². The second-order valence-corrected chi connectivity index (χ2v) is 6.74. The summed E-state index contributed by atoms with van der Waals surface area (Å²) in [6.07, 6.45) is 2.15. The van der Waals surface area contributed by atoms with Crippen molar-refractivity contribution in [2.45, 2.75) is 18.9 Å². The minimum atomic E-state index is -0.331. The van der Waals surface area contributed by atoms with E-state index in [1.807, 2.05) is 12.1 Å². The summed E-state index contributed by atoms with van der Waals surface area (Å²) in [4.78, 5) is 12.3. The Bertz CT molecular complexity index is 954. The van der Waals surface area contributed by atoms with E-state index in [0.29, 0.717) is 29.4 Å². The molecule has 0 saturated carbocycles. The first-order chi connectivity index (χ1) is 14.2. The highest BCUT2D eigenvalue weighted by molar-refractivity contribution is 5.94. The van der Waals surface area contributed by atoms with E-state index in [9.17, 15) is 9.18 Å². The van der Waals surface area contributed by atoms with Crippen LogP contribution in [0.1, 0.15) is 23.2 Å². The Labute approximate surface area is 167 Å². The van der Waals surface area contributed by atoms with Gasteiger partial charge in [-0.2, -0.15) is 0 Å². The molecule has 3 aromatic rings. The van der Waals surface area contributed by atoms with Gasteiger partial charge in [-0.1, -0.05) is 12.1 Å². The number of hydrogen-bond acceptors (Lipinski definition) is 5. The smallest absolute Gasteiger partial charge is 0.251 e. The van der Waals surface area contributed by atoms with Crippen LogP contribution in [0.5, 0.6) is 11.6 Å². The monoisotopic (exact) mass is 393 g/mol. The van der Waals surface area contributed by atoms with Crippen LogP contribution in [0.15, 0.2) is 60.7 Å². The van der Waals surface area contributed by atoms with Gasteiger partial charge >= 0.3 is 0 Å². The second-order valence-electron chi connectivity index (χ2n) is 6.74. The van der Waals surface area contributed by atoms with Gasteiger partial charge in [0.2, 0.25) is 5.88 Å². The largest absolute Gasteiger partial charge is 0.438 e. The van der Waals surface area contributed by atoms with Gasteiger partial charge in [0.25, 0.3) is 5.91 Å². The van der Waals surface area contributed by atoms with Crippen molar-refractivity contribution in [3.8, 4) is 22.9 Å². The number of amides is 1. The van der Waals surface area contributed by atoms with Crippen molar-refractivity contribution in [1.82, 2.24) is 15.5 Å². The molecule has 0 spiro atoms. The van der Waals surface area contributed by atoms with Crippen LogP contribution in [-0.4, -0.2) is 35.4 Å². The van der Waals surface area contributed by atoms with Gasteiger partial charge in [-0.05, 0) is 55.3 Å². The van der Waals surface area contributed by atoms with Gasteiger partial charge in [-0.25, -0.2) is 4.39 Å². The van der Waals surface area contributed by atoms with Crippen LogP contribution in [-0.2, 0) is 4.74 Å². The molecule has 7 heteroatoms. The van der Waals surface area contributed by atoms with Crippen LogP contribution in [0.2, 0.25) is 0 Å². The number of hydrogen-bond donors (Lipinski definition) is 1. The Morgan fingerprint density at radius 2 is 1.86 bits per heavy atom. The number of rotatable bonds is 6. The van der Waals surface area contributed by atoms with E-state index < -0.39 is 0 Å². The zero-order chi connectivity index (χ0) is 20.1. The Hall–Kier alpha value is -3.32. The van der Waals surface area contributed by atoms with E-state index in [-0.39, 0.29) is 17.8 Å². The van der Waals surface area contributed by atoms with Crippen molar-refractivity contribution >= 4 is 5.91 Å². The number of benzene rings is 2. The molecule has 6 nitrogen and oxygen atoms in total. The van der Waals surface area contributed by atoms with Gasteiger partial charge in [0.15, 0.2) is 0 Å². The van der Waals surface area contributed by atoms with E-state index in [2.05, 4.69) is 15.5 Å². The molecule has 1 saturated heterocycles. The number of aromatic nitrogens is 2. The Morgan fingerprint density at radius 1 is 1.07 bits per heavy atom. The summed E-state index contributed by atoms with van der Waals surface area (Å²) in [7, 11) is 0. The summed E-state index contributed by atoms with van der Waals surface area (Å²) >= 11 is 0. The topological polar surface area (TPSA) is 73.3 Å². The Morgan fingerprint density at radius 3 is 2.52 bits per heavy atom. The summed E-state index contributed by atoms with van der Waals surface area (Å²) in [6.45, 7) is 1.30. The number of carbonyl (C=O) groups excluding carboxylic acids is 1. The lowest BCUT2D eigenvalue weighted by molar-refractivity contribution is 0.0858. The molecule has 1 atom stereocenters. The van der Waals surface area contributed by atoms with E-state index in [1.165, 1.54) is 24.3 Å². The zero-order valence-corrected chi connectivity index (χ0v) is 15.7. The van der Waals surface area contributed by atoms with E-state index >= 15 is 0 Å². The third kappa shape index (κ3) is 4.94. The summed E-state index contributed by atoms with van der Waals surface area (Å²) in [5.41, 5.74) is 2.07. The van der Waals surface area contributed by atoms with Crippen LogP contribution < -0.4 is 10.1 Å². The fourth-order valence-electron chi connectivity index (χ4n) is 3.06. The summed E-state index contributed by atoms with van der Waals surface area (Å²) in [5.74, 6) is 0.335.